The first-order valence-corrected chi connectivity index (χ1v) is 8.55. The molecule has 5 nitrogen and oxygen atoms in total. The van der Waals surface area contributed by atoms with Crippen molar-refractivity contribution in [1.82, 2.24) is 19.8 Å². The molecule has 25 heavy (non-hydrogen) atoms. The van der Waals surface area contributed by atoms with Gasteiger partial charge >= 0.3 is 0 Å². The standard InChI is InChI=1S/C20H20N4O/c25-20(19-18-4-2-1-3-17(18)7-10-22-19)24-13-11-23(12-14-24)15-16-5-8-21-9-6-16/h1-10H,11-15H2. The molecule has 0 spiro atoms. The molecular formula is C20H20N4O. The number of aromatic nitrogens is 2. The average Bonchev–Trinajstić information content (AvgIpc) is 2.68. The summed E-state index contributed by atoms with van der Waals surface area (Å²) in [5, 5.41) is 1.98. The van der Waals surface area contributed by atoms with Crippen molar-refractivity contribution in [3.63, 3.8) is 0 Å². The van der Waals surface area contributed by atoms with E-state index >= 15 is 0 Å². The number of carbonyl (C=O) groups is 1. The number of benzene rings is 1. The lowest BCUT2D eigenvalue weighted by Crippen LogP contribution is -2.48. The Morgan fingerprint density at radius 3 is 2.48 bits per heavy atom. The third-order valence-electron chi connectivity index (χ3n) is 4.69. The summed E-state index contributed by atoms with van der Waals surface area (Å²) in [6.07, 6.45) is 5.36. The van der Waals surface area contributed by atoms with Crippen molar-refractivity contribution in [3.05, 3.63) is 72.3 Å². The van der Waals surface area contributed by atoms with Gasteiger partial charge in [-0.1, -0.05) is 24.3 Å². The summed E-state index contributed by atoms with van der Waals surface area (Å²) in [6, 6.07) is 13.9. The topological polar surface area (TPSA) is 49.3 Å². The van der Waals surface area contributed by atoms with Gasteiger partial charge in [0, 0.05) is 56.7 Å². The summed E-state index contributed by atoms with van der Waals surface area (Å²) in [6.45, 7) is 4.11. The van der Waals surface area contributed by atoms with Gasteiger partial charge in [-0.05, 0) is 29.1 Å². The first-order chi connectivity index (χ1) is 12.3. The van der Waals surface area contributed by atoms with Crippen LogP contribution >= 0.6 is 0 Å². The fraction of sp³-hybridized carbons (Fsp3) is 0.250. The van der Waals surface area contributed by atoms with Crippen molar-refractivity contribution >= 4 is 16.7 Å². The molecule has 0 N–H and O–H groups in total. The zero-order valence-corrected chi connectivity index (χ0v) is 14.0. The van der Waals surface area contributed by atoms with E-state index in [1.54, 1.807) is 6.20 Å². The second-order valence-electron chi connectivity index (χ2n) is 6.30. The molecule has 0 unspecified atom stereocenters. The normalized spacial score (nSPS) is 15.4. The van der Waals surface area contributed by atoms with Gasteiger partial charge in [-0.3, -0.25) is 19.7 Å². The zero-order chi connectivity index (χ0) is 17.1. The maximum Gasteiger partial charge on any atom is 0.273 e. The predicted molar refractivity (Wildman–Crippen MR) is 97.2 cm³/mol. The van der Waals surface area contributed by atoms with Gasteiger partial charge in [-0.2, -0.15) is 0 Å². The van der Waals surface area contributed by atoms with Gasteiger partial charge in [0.2, 0.25) is 0 Å². The fourth-order valence-electron chi connectivity index (χ4n) is 3.30. The molecule has 2 aromatic heterocycles. The van der Waals surface area contributed by atoms with Gasteiger partial charge in [-0.25, -0.2) is 0 Å². The predicted octanol–water partition coefficient (Wildman–Crippen LogP) is 2.59. The monoisotopic (exact) mass is 332 g/mol. The van der Waals surface area contributed by atoms with Crippen molar-refractivity contribution in [2.75, 3.05) is 26.2 Å². The van der Waals surface area contributed by atoms with Crippen LogP contribution in [0.15, 0.2) is 61.1 Å². The Hall–Kier alpha value is -2.79. The van der Waals surface area contributed by atoms with Gasteiger partial charge in [0.05, 0.1) is 0 Å². The third-order valence-corrected chi connectivity index (χ3v) is 4.69. The van der Waals surface area contributed by atoms with Gasteiger partial charge in [0.25, 0.3) is 5.91 Å². The molecule has 0 bridgehead atoms. The minimum absolute atomic E-state index is 0.0281. The molecule has 0 saturated carbocycles. The van der Waals surface area contributed by atoms with E-state index < -0.39 is 0 Å². The fourth-order valence-corrected chi connectivity index (χ4v) is 3.30. The summed E-state index contributed by atoms with van der Waals surface area (Å²) in [5.41, 5.74) is 1.81. The van der Waals surface area contributed by atoms with E-state index in [2.05, 4.69) is 14.9 Å². The maximum atomic E-state index is 12.9. The quantitative estimate of drug-likeness (QED) is 0.740. The Kier molecular flexibility index (Phi) is 4.39. The van der Waals surface area contributed by atoms with Crippen LogP contribution in [0.25, 0.3) is 10.8 Å². The molecule has 126 valence electrons. The minimum Gasteiger partial charge on any atom is -0.335 e. The number of hydrogen-bond donors (Lipinski definition) is 0. The summed E-state index contributed by atoms with van der Waals surface area (Å²) in [7, 11) is 0. The number of carbonyl (C=O) groups excluding carboxylic acids is 1. The molecule has 0 radical (unpaired) electrons. The molecule has 1 fully saturated rings. The minimum atomic E-state index is 0.0281. The molecule has 1 amide bonds. The first-order valence-electron chi connectivity index (χ1n) is 8.55. The van der Waals surface area contributed by atoms with E-state index in [0.29, 0.717) is 5.69 Å². The van der Waals surface area contributed by atoms with Gasteiger partial charge in [0.15, 0.2) is 0 Å². The number of fused-ring (bicyclic) bond motifs is 1. The summed E-state index contributed by atoms with van der Waals surface area (Å²) >= 11 is 0. The van der Waals surface area contributed by atoms with Crippen LogP contribution in [-0.4, -0.2) is 51.9 Å². The molecule has 5 heteroatoms. The molecule has 4 rings (SSSR count). The van der Waals surface area contributed by atoms with Gasteiger partial charge in [-0.15, -0.1) is 0 Å². The smallest absolute Gasteiger partial charge is 0.273 e. The van der Waals surface area contributed by atoms with E-state index in [-0.39, 0.29) is 5.91 Å². The highest BCUT2D eigenvalue weighted by molar-refractivity contribution is 6.05. The first kappa shape index (κ1) is 15.7. The van der Waals surface area contributed by atoms with E-state index in [4.69, 9.17) is 0 Å². The van der Waals surface area contributed by atoms with Gasteiger partial charge < -0.3 is 4.90 Å². The van der Waals surface area contributed by atoms with Crippen LogP contribution < -0.4 is 0 Å². The van der Waals surface area contributed by atoms with Crippen LogP contribution in [0.1, 0.15) is 16.1 Å². The number of pyridine rings is 2. The number of rotatable bonds is 3. The Labute approximate surface area is 146 Å². The third kappa shape index (κ3) is 3.37. The van der Waals surface area contributed by atoms with E-state index in [0.717, 1.165) is 43.5 Å². The lowest BCUT2D eigenvalue weighted by atomic mass is 10.1. The van der Waals surface area contributed by atoms with Crippen LogP contribution in [0.3, 0.4) is 0 Å². The van der Waals surface area contributed by atoms with Crippen molar-refractivity contribution in [1.29, 1.82) is 0 Å². The summed E-state index contributed by atoms with van der Waals surface area (Å²) in [4.78, 5) is 25.6. The lowest BCUT2D eigenvalue weighted by Gasteiger charge is -2.34. The number of piperazine rings is 1. The Bertz CT molecular complexity index is 868. The second-order valence-corrected chi connectivity index (χ2v) is 6.30. The molecule has 1 aliphatic rings. The molecular weight excluding hydrogens is 312 g/mol. The second kappa shape index (κ2) is 6.99. The highest BCUT2D eigenvalue weighted by atomic mass is 16.2. The molecule has 3 aromatic rings. The highest BCUT2D eigenvalue weighted by Crippen LogP contribution is 2.19. The Morgan fingerprint density at radius 2 is 1.68 bits per heavy atom. The van der Waals surface area contributed by atoms with E-state index in [1.807, 2.05) is 59.8 Å². The molecule has 1 aromatic carbocycles. The summed E-state index contributed by atoms with van der Waals surface area (Å²) in [5.74, 6) is 0.0281. The van der Waals surface area contributed by atoms with Crippen molar-refractivity contribution in [3.8, 4) is 0 Å². The highest BCUT2D eigenvalue weighted by Gasteiger charge is 2.24. The lowest BCUT2D eigenvalue weighted by molar-refractivity contribution is 0.0625. The number of nitrogens with zero attached hydrogens (tertiary/aromatic N) is 4. The van der Waals surface area contributed by atoms with Crippen molar-refractivity contribution in [2.45, 2.75) is 6.54 Å². The van der Waals surface area contributed by atoms with E-state index in [1.165, 1.54) is 5.56 Å². The Morgan fingerprint density at radius 1 is 0.920 bits per heavy atom. The average molecular weight is 332 g/mol. The van der Waals surface area contributed by atoms with Crippen LogP contribution in [0.2, 0.25) is 0 Å². The maximum absolute atomic E-state index is 12.9. The number of hydrogen-bond acceptors (Lipinski definition) is 4. The van der Waals surface area contributed by atoms with E-state index in [9.17, 15) is 4.79 Å². The van der Waals surface area contributed by atoms with Crippen LogP contribution in [-0.2, 0) is 6.54 Å². The molecule has 3 heterocycles. The summed E-state index contributed by atoms with van der Waals surface area (Å²) < 4.78 is 0. The molecule has 0 aliphatic carbocycles. The Balaban J connectivity index is 1.44. The largest absolute Gasteiger partial charge is 0.335 e. The van der Waals surface area contributed by atoms with Crippen molar-refractivity contribution < 1.29 is 4.79 Å². The van der Waals surface area contributed by atoms with Crippen LogP contribution in [0.4, 0.5) is 0 Å². The molecule has 1 aliphatic heterocycles. The molecule has 1 saturated heterocycles. The SMILES string of the molecule is O=C(c1nccc2ccccc12)N1CCN(Cc2ccncc2)CC1. The molecule has 0 atom stereocenters. The van der Waals surface area contributed by atoms with Crippen LogP contribution in [0, 0.1) is 0 Å². The van der Waals surface area contributed by atoms with Crippen molar-refractivity contribution in [2.24, 2.45) is 0 Å². The van der Waals surface area contributed by atoms with Crippen LogP contribution in [0.5, 0.6) is 0 Å². The zero-order valence-electron chi connectivity index (χ0n) is 14.0. The number of amides is 1. The van der Waals surface area contributed by atoms with Gasteiger partial charge in [0.1, 0.15) is 5.69 Å².